The predicted octanol–water partition coefficient (Wildman–Crippen LogP) is 5.22. The summed E-state index contributed by atoms with van der Waals surface area (Å²) >= 11 is 0. The van der Waals surface area contributed by atoms with Crippen molar-refractivity contribution in [3.05, 3.63) is 54.1 Å². The molecule has 0 bridgehead atoms. The molecule has 3 aromatic rings. The maximum absolute atomic E-state index is 12.6. The molecule has 0 radical (unpaired) electrons. The number of para-hydroxylation sites is 1. The van der Waals surface area contributed by atoms with E-state index in [1.165, 1.54) is 0 Å². The summed E-state index contributed by atoms with van der Waals surface area (Å²) in [7, 11) is -1.40. The van der Waals surface area contributed by atoms with Gasteiger partial charge in [-0.15, -0.1) is 0 Å². The lowest BCUT2D eigenvalue weighted by atomic mass is 9.82. The Morgan fingerprint density at radius 1 is 1.00 bits per heavy atom. The predicted molar refractivity (Wildman–Crippen MR) is 152 cm³/mol. The Morgan fingerprint density at radius 3 is 2.12 bits per heavy atom. The summed E-state index contributed by atoms with van der Waals surface area (Å²) in [6, 6.07) is 15.1. The molecule has 1 aliphatic rings. The molecule has 3 N–H and O–H groups in total. The van der Waals surface area contributed by atoms with Gasteiger partial charge in [0.1, 0.15) is 5.82 Å². The number of alkyl halides is 3. The fourth-order valence-electron chi connectivity index (χ4n) is 4.48. The number of carboxylic acid groups (broad SMARTS) is 1. The quantitative estimate of drug-likeness (QED) is 0.308. The summed E-state index contributed by atoms with van der Waals surface area (Å²) in [4.78, 5) is 20.9. The van der Waals surface area contributed by atoms with Gasteiger partial charge >= 0.3 is 12.1 Å². The molecule has 0 atom stereocenters. The first kappa shape index (κ1) is 32.1. The summed E-state index contributed by atoms with van der Waals surface area (Å²) in [6.45, 7) is 6.26. The van der Waals surface area contributed by atoms with Crippen molar-refractivity contribution in [2.45, 2.75) is 50.6 Å². The molecule has 2 aromatic carbocycles. The molecule has 1 heterocycles. The van der Waals surface area contributed by atoms with Crippen molar-refractivity contribution in [3.63, 3.8) is 0 Å². The van der Waals surface area contributed by atoms with Gasteiger partial charge in [0, 0.05) is 32.1 Å². The van der Waals surface area contributed by atoms with Crippen molar-refractivity contribution in [2.24, 2.45) is 11.8 Å². The number of carboxylic acids is 1. The SMILES string of the molecule is CCN(C)c1nc(NCC2CCC(CNS(=O)(=O)c3ccc(C)cc3)CC2)nc2ccccc12.O=C(O)C(F)(F)F. The van der Waals surface area contributed by atoms with E-state index in [0.717, 1.165) is 61.1 Å². The Balaban J connectivity index is 0.000000587. The van der Waals surface area contributed by atoms with Crippen LogP contribution in [-0.2, 0) is 14.8 Å². The lowest BCUT2D eigenvalue weighted by Crippen LogP contribution is -2.32. The summed E-state index contributed by atoms with van der Waals surface area (Å²) in [5.41, 5.74) is 1.99. The van der Waals surface area contributed by atoms with Crippen LogP contribution in [0.15, 0.2) is 53.4 Å². The number of nitrogens with zero attached hydrogens (tertiary/aromatic N) is 3. The number of rotatable bonds is 9. The lowest BCUT2D eigenvalue weighted by molar-refractivity contribution is -0.192. The molecule has 1 fully saturated rings. The van der Waals surface area contributed by atoms with Crippen LogP contribution >= 0.6 is 0 Å². The third kappa shape index (κ3) is 9.28. The van der Waals surface area contributed by atoms with Gasteiger partial charge < -0.3 is 15.3 Å². The molecule has 1 aromatic heterocycles. The van der Waals surface area contributed by atoms with E-state index in [1.807, 2.05) is 44.3 Å². The fraction of sp³-hybridized carbons (Fsp3) is 0.464. The molecule has 1 aliphatic carbocycles. The number of anilines is 2. The van der Waals surface area contributed by atoms with Crippen molar-refractivity contribution < 1.29 is 31.5 Å². The van der Waals surface area contributed by atoms with Gasteiger partial charge in [-0.2, -0.15) is 18.2 Å². The minimum Gasteiger partial charge on any atom is -0.475 e. The fourth-order valence-corrected chi connectivity index (χ4v) is 5.60. The molecular weight excluding hydrogens is 559 g/mol. The number of sulfonamides is 1. The summed E-state index contributed by atoms with van der Waals surface area (Å²) in [5.74, 6) is -0.236. The Bertz CT molecular complexity index is 1410. The number of aryl methyl sites for hydroxylation is 1. The Kier molecular flexibility index (Phi) is 10.9. The van der Waals surface area contributed by atoms with Gasteiger partial charge in [0.2, 0.25) is 16.0 Å². The first-order valence-electron chi connectivity index (χ1n) is 13.4. The molecule has 0 unspecified atom stereocenters. The van der Waals surface area contributed by atoms with Gasteiger partial charge in [-0.3, -0.25) is 0 Å². The van der Waals surface area contributed by atoms with Crippen LogP contribution in [0.3, 0.4) is 0 Å². The number of aliphatic carboxylic acids is 1. The van der Waals surface area contributed by atoms with Gasteiger partial charge in [-0.25, -0.2) is 22.9 Å². The molecule has 0 aliphatic heterocycles. The van der Waals surface area contributed by atoms with Crippen molar-refractivity contribution >= 4 is 38.7 Å². The van der Waals surface area contributed by atoms with E-state index in [2.05, 4.69) is 27.9 Å². The van der Waals surface area contributed by atoms with Crippen LogP contribution in [0.1, 0.15) is 38.2 Å². The van der Waals surface area contributed by atoms with E-state index in [-0.39, 0.29) is 0 Å². The second-order valence-electron chi connectivity index (χ2n) is 10.1. The second-order valence-corrected chi connectivity index (χ2v) is 11.9. The van der Waals surface area contributed by atoms with E-state index < -0.39 is 22.2 Å². The molecule has 224 valence electrons. The topological polar surface area (TPSA) is 125 Å². The van der Waals surface area contributed by atoms with Crippen molar-refractivity contribution in [2.75, 3.05) is 36.9 Å². The Hall–Kier alpha value is -3.45. The minimum absolute atomic E-state index is 0.333. The molecule has 41 heavy (non-hydrogen) atoms. The maximum Gasteiger partial charge on any atom is 0.490 e. The summed E-state index contributed by atoms with van der Waals surface area (Å²) < 4.78 is 59.7. The number of hydrogen-bond acceptors (Lipinski definition) is 7. The monoisotopic (exact) mass is 595 g/mol. The number of benzene rings is 2. The Morgan fingerprint density at radius 2 is 1.56 bits per heavy atom. The third-order valence-electron chi connectivity index (χ3n) is 7.07. The molecule has 9 nitrogen and oxygen atoms in total. The van der Waals surface area contributed by atoms with Gasteiger partial charge in [-0.1, -0.05) is 29.8 Å². The number of carbonyl (C=O) groups is 1. The zero-order chi connectivity index (χ0) is 30.2. The average molecular weight is 596 g/mol. The maximum atomic E-state index is 12.6. The molecule has 0 saturated heterocycles. The van der Waals surface area contributed by atoms with Crippen LogP contribution in [0.2, 0.25) is 0 Å². The van der Waals surface area contributed by atoms with E-state index >= 15 is 0 Å². The van der Waals surface area contributed by atoms with Crippen LogP contribution in [-0.4, -0.2) is 62.3 Å². The highest BCUT2D eigenvalue weighted by Crippen LogP contribution is 2.30. The zero-order valence-corrected chi connectivity index (χ0v) is 24.1. The van der Waals surface area contributed by atoms with Crippen LogP contribution in [0.5, 0.6) is 0 Å². The second kappa shape index (κ2) is 13.9. The highest BCUT2D eigenvalue weighted by molar-refractivity contribution is 7.89. The van der Waals surface area contributed by atoms with Crippen LogP contribution < -0.4 is 14.9 Å². The Labute approximate surface area is 238 Å². The summed E-state index contributed by atoms with van der Waals surface area (Å²) in [6.07, 6.45) is -0.908. The number of aromatic nitrogens is 2. The minimum atomic E-state index is -5.08. The van der Waals surface area contributed by atoms with Gasteiger partial charge in [0.05, 0.1) is 10.4 Å². The summed E-state index contributed by atoms with van der Waals surface area (Å²) in [5, 5.41) is 11.6. The van der Waals surface area contributed by atoms with E-state index in [0.29, 0.717) is 29.2 Å². The van der Waals surface area contributed by atoms with Crippen molar-refractivity contribution in [1.29, 1.82) is 0 Å². The number of fused-ring (bicyclic) bond motifs is 1. The number of halogens is 3. The van der Waals surface area contributed by atoms with Crippen LogP contribution in [0, 0.1) is 18.8 Å². The van der Waals surface area contributed by atoms with E-state index in [9.17, 15) is 21.6 Å². The smallest absolute Gasteiger partial charge is 0.475 e. The third-order valence-corrected chi connectivity index (χ3v) is 8.51. The largest absolute Gasteiger partial charge is 0.490 e. The number of nitrogens with one attached hydrogen (secondary N) is 2. The number of hydrogen-bond donors (Lipinski definition) is 3. The van der Waals surface area contributed by atoms with E-state index in [4.69, 9.17) is 19.9 Å². The molecule has 4 rings (SSSR count). The standard InChI is InChI=1S/C26H35N5O2S.C2HF3O2/c1-4-31(3)25-23-7-5-6-8-24(23)29-26(30-25)27-17-20-11-13-21(14-12-20)18-28-34(32,33)22-15-9-19(2)10-16-22;3-2(4,5)1(6)7/h5-10,15-16,20-21,28H,4,11-14,17-18H2,1-3H3,(H,27,29,30);(H,6,7). The van der Waals surface area contributed by atoms with Gasteiger partial charge in [0.25, 0.3) is 0 Å². The first-order chi connectivity index (χ1) is 19.3. The lowest BCUT2D eigenvalue weighted by Gasteiger charge is -2.29. The van der Waals surface area contributed by atoms with Crippen molar-refractivity contribution in [3.8, 4) is 0 Å². The van der Waals surface area contributed by atoms with Crippen LogP contribution in [0.4, 0.5) is 24.9 Å². The molecular formula is C28H36F3N5O4S. The van der Waals surface area contributed by atoms with Crippen LogP contribution in [0.25, 0.3) is 10.9 Å². The van der Waals surface area contributed by atoms with Gasteiger partial charge in [-0.05, 0) is 75.6 Å². The van der Waals surface area contributed by atoms with E-state index in [1.54, 1.807) is 12.1 Å². The zero-order valence-electron chi connectivity index (χ0n) is 23.3. The highest BCUT2D eigenvalue weighted by Gasteiger charge is 2.38. The normalized spacial score (nSPS) is 17.4. The van der Waals surface area contributed by atoms with Crippen molar-refractivity contribution in [1.82, 2.24) is 14.7 Å². The molecule has 1 saturated carbocycles. The molecule has 0 amide bonds. The van der Waals surface area contributed by atoms with Gasteiger partial charge in [0.15, 0.2) is 0 Å². The average Bonchev–Trinajstić information content (AvgIpc) is 2.94. The molecule has 13 heteroatoms. The highest BCUT2D eigenvalue weighted by atomic mass is 32.2. The molecule has 0 spiro atoms. The first-order valence-corrected chi connectivity index (χ1v) is 14.9.